The molecule has 2 aliphatic heterocycles. The van der Waals surface area contributed by atoms with Crippen LogP contribution in [-0.4, -0.2) is 89.8 Å². The van der Waals surface area contributed by atoms with Crippen LogP contribution in [-0.2, 0) is 11.3 Å². The average Bonchev–Trinajstić information content (AvgIpc) is 3.36. The Morgan fingerprint density at radius 2 is 1.71 bits per heavy atom. The van der Waals surface area contributed by atoms with Crippen LogP contribution in [0.4, 0.5) is 14.9 Å². The van der Waals surface area contributed by atoms with Crippen LogP contribution in [0.25, 0.3) is 0 Å². The highest BCUT2D eigenvalue weighted by atomic mass is 19.1. The highest BCUT2D eigenvalue weighted by Gasteiger charge is 2.24. The number of urea groups is 1. The molecule has 2 aromatic carbocycles. The number of benzene rings is 2. The molecule has 0 aliphatic carbocycles. The van der Waals surface area contributed by atoms with E-state index in [-0.39, 0.29) is 34.5 Å². The maximum Gasteiger partial charge on any atom is 0.319 e. The average molecular weight is 581 g/mol. The standard InChI is InChI=1S/C31H41FN6O4/c1-31(2,3)35-28(40)23-8-4-7-22(19-23)21-36-15-17-38(18-16-36)29(41)24-10-11-26(25(32)20-24)34-30(42)33-12-6-14-37-13-5-9-27(37)39/h4,7-8,10-11,19-20H,5-6,9,12-18,21H2,1-3H3,(H,35,40)(H2,33,34,42). The molecule has 0 unspecified atom stereocenters. The summed E-state index contributed by atoms with van der Waals surface area (Å²) >= 11 is 0. The zero-order chi connectivity index (χ0) is 30.3. The highest BCUT2D eigenvalue weighted by Crippen LogP contribution is 2.19. The van der Waals surface area contributed by atoms with Gasteiger partial charge in [0.2, 0.25) is 5.91 Å². The minimum Gasteiger partial charge on any atom is -0.347 e. The van der Waals surface area contributed by atoms with Gasteiger partial charge in [-0.25, -0.2) is 9.18 Å². The molecule has 5 amide bonds. The van der Waals surface area contributed by atoms with Gasteiger partial charge < -0.3 is 25.8 Å². The van der Waals surface area contributed by atoms with Crippen LogP contribution in [0, 0.1) is 5.82 Å². The van der Waals surface area contributed by atoms with E-state index in [1.54, 1.807) is 15.9 Å². The smallest absolute Gasteiger partial charge is 0.319 e. The molecule has 226 valence electrons. The molecule has 0 aromatic heterocycles. The second-order valence-corrected chi connectivity index (χ2v) is 11.9. The van der Waals surface area contributed by atoms with Crippen LogP contribution in [0.15, 0.2) is 42.5 Å². The van der Waals surface area contributed by atoms with E-state index in [0.29, 0.717) is 64.2 Å². The second-order valence-electron chi connectivity index (χ2n) is 11.9. The first-order chi connectivity index (χ1) is 20.0. The van der Waals surface area contributed by atoms with Gasteiger partial charge >= 0.3 is 6.03 Å². The molecule has 10 nitrogen and oxygen atoms in total. The Balaban J connectivity index is 1.22. The van der Waals surface area contributed by atoms with E-state index in [9.17, 15) is 23.6 Å². The predicted molar refractivity (Wildman–Crippen MR) is 159 cm³/mol. The van der Waals surface area contributed by atoms with Gasteiger partial charge in [0.15, 0.2) is 0 Å². The first kappa shape index (κ1) is 31.0. The maximum absolute atomic E-state index is 14.8. The van der Waals surface area contributed by atoms with Crippen molar-refractivity contribution in [2.24, 2.45) is 0 Å². The van der Waals surface area contributed by atoms with Crippen LogP contribution in [0.3, 0.4) is 0 Å². The first-order valence-electron chi connectivity index (χ1n) is 14.5. The molecule has 2 heterocycles. The van der Waals surface area contributed by atoms with Crippen molar-refractivity contribution in [3.8, 4) is 0 Å². The number of nitrogens with one attached hydrogen (secondary N) is 3. The number of likely N-dealkylation sites (tertiary alicyclic amines) is 1. The van der Waals surface area contributed by atoms with Gasteiger partial charge in [0.05, 0.1) is 5.69 Å². The van der Waals surface area contributed by atoms with Crippen molar-refractivity contribution in [3.63, 3.8) is 0 Å². The normalized spacial score (nSPS) is 16.0. The van der Waals surface area contributed by atoms with E-state index in [1.165, 1.54) is 12.1 Å². The number of piperazine rings is 1. The Morgan fingerprint density at radius 3 is 2.38 bits per heavy atom. The molecule has 3 N–H and O–H groups in total. The minimum absolute atomic E-state index is 0.0120. The lowest BCUT2D eigenvalue weighted by molar-refractivity contribution is -0.127. The maximum atomic E-state index is 14.8. The van der Waals surface area contributed by atoms with E-state index in [2.05, 4.69) is 20.9 Å². The summed E-state index contributed by atoms with van der Waals surface area (Å²) in [6, 6.07) is 11.1. The van der Waals surface area contributed by atoms with E-state index < -0.39 is 11.8 Å². The zero-order valence-corrected chi connectivity index (χ0v) is 24.7. The van der Waals surface area contributed by atoms with Gasteiger partial charge in [0.1, 0.15) is 5.82 Å². The lowest BCUT2D eigenvalue weighted by Gasteiger charge is -2.35. The molecular weight excluding hydrogens is 539 g/mol. The van der Waals surface area contributed by atoms with Crippen molar-refractivity contribution in [2.45, 2.75) is 52.1 Å². The molecule has 2 aliphatic rings. The third kappa shape index (κ3) is 8.75. The van der Waals surface area contributed by atoms with Gasteiger partial charge in [0, 0.05) is 75.4 Å². The summed E-state index contributed by atoms with van der Waals surface area (Å²) in [5.41, 5.74) is 1.53. The van der Waals surface area contributed by atoms with Gasteiger partial charge in [-0.05, 0) is 69.5 Å². The summed E-state index contributed by atoms with van der Waals surface area (Å²) in [5, 5.41) is 8.13. The van der Waals surface area contributed by atoms with Crippen LogP contribution in [0.1, 0.15) is 66.3 Å². The highest BCUT2D eigenvalue weighted by molar-refractivity contribution is 5.96. The lowest BCUT2D eigenvalue weighted by Crippen LogP contribution is -2.48. The molecule has 0 saturated carbocycles. The quantitative estimate of drug-likeness (QED) is 0.393. The molecule has 0 radical (unpaired) electrons. The van der Waals surface area contributed by atoms with Gasteiger partial charge in [-0.3, -0.25) is 19.3 Å². The lowest BCUT2D eigenvalue weighted by atomic mass is 10.1. The van der Waals surface area contributed by atoms with Gasteiger partial charge in [0.25, 0.3) is 11.8 Å². The number of hydrogen-bond donors (Lipinski definition) is 3. The molecule has 2 aromatic rings. The molecular formula is C31H41FN6O4. The van der Waals surface area contributed by atoms with Gasteiger partial charge in [-0.15, -0.1) is 0 Å². The summed E-state index contributed by atoms with van der Waals surface area (Å²) < 4.78 is 14.8. The zero-order valence-electron chi connectivity index (χ0n) is 24.7. The topological polar surface area (TPSA) is 114 Å². The number of nitrogens with zero attached hydrogens (tertiary/aromatic N) is 3. The molecule has 11 heteroatoms. The van der Waals surface area contributed by atoms with Crippen molar-refractivity contribution >= 4 is 29.4 Å². The van der Waals surface area contributed by atoms with Crippen molar-refractivity contribution in [2.75, 3.05) is 51.1 Å². The number of hydrogen-bond acceptors (Lipinski definition) is 5. The van der Waals surface area contributed by atoms with Gasteiger partial charge in [-0.1, -0.05) is 12.1 Å². The summed E-state index contributed by atoms with van der Waals surface area (Å²) in [7, 11) is 0. The van der Waals surface area contributed by atoms with Crippen molar-refractivity contribution in [3.05, 3.63) is 65.0 Å². The van der Waals surface area contributed by atoms with E-state index >= 15 is 0 Å². The van der Waals surface area contributed by atoms with Crippen LogP contribution < -0.4 is 16.0 Å². The second kappa shape index (κ2) is 13.8. The van der Waals surface area contributed by atoms with Crippen LogP contribution >= 0.6 is 0 Å². The SMILES string of the molecule is CC(C)(C)NC(=O)c1cccc(CN2CCN(C(=O)c3ccc(NC(=O)NCCCN4CCCC4=O)c(F)c3)CC2)c1. The number of carbonyl (C=O) groups excluding carboxylic acids is 4. The molecule has 2 saturated heterocycles. The van der Waals surface area contributed by atoms with E-state index in [1.807, 2.05) is 39.0 Å². The fourth-order valence-electron chi connectivity index (χ4n) is 5.10. The Morgan fingerprint density at radius 1 is 0.952 bits per heavy atom. The largest absolute Gasteiger partial charge is 0.347 e. The van der Waals surface area contributed by atoms with E-state index in [0.717, 1.165) is 24.6 Å². The summed E-state index contributed by atoms with van der Waals surface area (Å²) in [6.07, 6.45) is 2.07. The molecule has 2 fully saturated rings. The third-order valence-electron chi connectivity index (χ3n) is 7.27. The van der Waals surface area contributed by atoms with Crippen molar-refractivity contribution < 1.29 is 23.6 Å². The van der Waals surface area contributed by atoms with Crippen molar-refractivity contribution in [1.82, 2.24) is 25.3 Å². The fourth-order valence-corrected chi connectivity index (χ4v) is 5.10. The number of rotatable bonds is 9. The first-order valence-corrected chi connectivity index (χ1v) is 14.5. The summed E-state index contributed by atoms with van der Waals surface area (Å²) in [6.45, 7) is 10.5. The monoisotopic (exact) mass is 580 g/mol. The third-order valence-corrected chi connectivity index (χ3v) is 7.27. The van der Waals surface area contributed by atoms with Gasteiger partial charge in [-0.2, -0.15) is 0 Å². The number of anilines is 1. The molecule has 0 atom stereocenters. The number of amides is 5. The molecule has 4 rings (SSSR count). The Bertz CT molecular complexity index is 1300. The Kier molecular flexibility index (Phi) is 10.2. The van der Waals surface area contributed by atoms with E-state index in [4.69, 9.17) is 0 Å². The van der Waals surface area contributed by atoms with Crippen molar-refractivity contribution in [1.29, 1.82) is 0 Å². The predicted octanol–water partition coefficient (Wildman–Crippen LogP) is 3.45. The summed E-state index contributed by atoms with van der Waals surface area (Å²) in [4.78, 5) is 55.1. The van der Waals surface area contributed by atoms with Crippen LogP contribution in [0.5, 0.6) is 0 Å². The molecule has 0 spiro atoms. The fraction of sp³-hybridized carbons (Fsp3) is 0.484. The summed E-state index contributed by atoms with van der Waals surface area (Å²) in [5.74, 6) is -0.919. The minimum atomic E-state index is -0.687. The van der Waals surface area contributed by atoms with Crippen LogP contribution in [0.2, 0.25) is 0 Å². The molecule has 0 bridgehead atoms. The molecule has 42 heavy (non-hydrogen) atoms. The number of carbonyl (C=O) groups is 4. The Labute approximate surface area is 246 Å². The Hall–Kier alpha value is -3.99. The number of halogens is 1.